The number of fused-ring (bicyclic) bond motifs is 4. The zero-order valence-corrected chi connectivity index (χ0v) is 76.3. The summed E-state index contributed by atoms with van der Waals surface area (Å²) < 4.78 is 72.0. The summed E-state index contributed by atoms with van der Waals surface area (Å²) in [6.45, 7) is 38.0. The first-order valence-electron chi connectivity index (χ1n) is 30.5. The number of aromatic nitrogens is 8. The van der Waals surface area contributed by atoms with Gasteiger partial charge >= 0.3 is 124 Å². The molecule has 4 aliphatic rings. The van der Waals surface area contributed by atoms with Crippen molar-refractivity contribution in [2.75, 3.05) is 5.33 Å². The number of alkyl halides is 1. The van der Waals surface area contributed by atoms with Crippen molar-refractivity contribution < 1.29 is 185 Å². The maximum atomic E-state index is 11.1. The number of imidazole rings is 4. The minimum absolute atomic E-state index is 0. The van der Waals surface area contributed by atoms with E-state index in [2.05, 4.69) is 202 Å². The Morgan fingerprint density at radius 1 is 0.570 bits per heavy atom. The van der Waals surface area contributed by atoms with Gasteiger partial charge in [0.1, 0.15) is 34.2 Å². The average Bonchev–Trinajstić information content (AvgIpc) is 1.68. The molecule has 14 nitrogen and oxygen atoms in total. The number of halogens is 7. The zero-order valence-electron chi connectivity index (χ0n) is 57.3. The minimum Gasteiger partial charge on any atom is -1.00 e. The molecule has 30 heteroatoms. The molecule has 0 atom stereocenters. The fourth-order valence-corrected chi connectivity index (χ4v) is 11.4. The maximum absolute atomic E-state index is 11.1. The number of nitrogens with one attached hydrogen (secondary N) is 3. The number of aryl methyl sites for hydroxylation is 5. The molecule has 0 fully saturated rings. The molecule has 4 aromatic heterocycles. The first kappa shape index (κ1) is 115. The van der Waals surface area contributed by atoms with Crippen molar-refractivity contribution in [1.82, 2.24) is 28.2 Å². The fourth-order valence-electron chi connectivity index (χ4n) is 10.4. The molecule has 0 aliphatic heterocycles. The number of H-pyrrole nitrogens is 2. The molecule has 4 aromatic rings. The Balaban J connectivity index is -0.000000130. The van der Waals surface area contributed by atoms with E-state index in [1.54, 1.807) is 34.8 Å². The number of rotatable bonds is 15. The fraction of sp³-hybridized carbons (Fsp3) is 0.810. The van der Waals surface area contributed by atoms with Crippen molar-refractivity contribution >= 4 is 108 Å². The predicted molar refractivity (Wildman–Crippen MR) is 393 cm³/mol. The Bertz CT molecular complexity index is 2680. The van der Waals surface area contributed by atoms with Crippen LogP contribution in [0.15, 0.2) is 25.3 Å². The molecule has 0 bridgehead atoms. The van der Waals surface area contributed by atoms with Crippen LogP contribution < -0.4 is 159 Å². The molecule has 0 unspecified atom stereocenters. The maximum Gasteiger partial charge on any atom is 1.00 e. The molecule has 0 aromatic carbocycles. The third-order valence-corrected chi connectivity index (χ3v) is 19.4. The van der Waals surface area contributed by atoms with Crippen molar-refractivity contribution in [3.63, 3.8) is 0 Å². The predicted octanol–water partition coefficient (Wildman–Crippen LogP) is 1.52. The summed E-state index contributed by atoms with van der Waals surface area (Å²) in [6, 6.07) is 0. The average molecular weight is 1810 g/mol. The Hall–Kier alpha value is 3.12. The van der Waals surface area contributed by atoms with Gasteiger partial charge in [0.05, 0.1) is 44.7 Å². The van der Waals surface area contributed by atoms with Crippen LogP contribution in [0.1, 0.15) is 267 Å². The van der Waals surface area contributed by atoms with Crippen LogP contribution in [-0.2, 0) is 145 Å². The Labute approximate surface area is 714 Å². The summed E-state index contributed by atoms with van der Waals surface area (Å²) in [7, 11) is -5.15. The number of hydrogen-bond donors (Lipinski definition) is 4. The van der Waals surface area contributed by atoms with Gasteiger partial charge in [-0.2, -0.15) is 16.8 Å². The number of thiol groups is 1. The number of aromatic amines is 2. The van der Waals surface area contributed by atoms with Crippen LogP contribution in [0.4, 0.5) is 7.77 Å². The van der Waals surface area contributed by atoms with Gasteiger partial charge in [-0.1, -0.05) is 173 Å². The molecule has 8 rings (SSSR count). The topological polar surface area (TPSA) is 176 Å². The second kappa shape index (κ2) is 60.4. The number of unbranched alkanes of at least 4 members (excludes halogenated alkanes) is 6. The van der Waals surface area contributed by atoms with Crippen molar-refractivity contribution in [2.45, 2.75) is 306 Å². The first-order valence-corrected chi connectivity index (χ1v) is 41.6. The largest absolute Gasteiger partial charge is 1.00 e. The van der Waals surface area contributed by atoms with Crippen LogP contribution in [0.25, 0.3) is 0 Å². The van der Waals surface area contributed by atoms with Gasteiger partial charge in [0.2, 0.25) is 19.0 Å². The second-order valence-corrected chi connectivity index (χ2v) is 33.8. The molecule has 93 heavy (non-hydrogen) atoms. The summed E-state index contributed by atoms with van der Waals surface area (Å²) >= 11 is 13.9. The number of nitrogens with zero attached hydrogens (tertiary/aromatic N) is 6. The second-order valence-electron chi connectivity index (χ2n) is 27.2. The molecular formula is C63H123Br3F3IK2N9O5S7+. The summed E-state index contributed by atoms with van der Waals surface area (Å²) in [5, 5.41) is 1.08. The quantitative estimate of drug-likeness (QED) is 0.0264. The van der Waals surface area contributed by atoms with E-state index in [0.29, 0.717) is 21.7 Å². The molecule has 4 aliphatic carbocycles. The summed E-state index contributed by atoms with van der Waals surface area (Å²) in [5.74, 6) is 0. The van der Waals surface area contributed by atoms with Crippen LogP contribution in [-0.4, -0.2) is 51.7 Å². The van der Waals surface area contributed by atoms with Crippen molar-refractivity contribution in [3.8, 4) is 0 Å². The summed E-state index contributed by atoms with van der Waals surface area (Å²) in [6.07, 6.45) is 40.5. The van der Waals surface area contributed by atoms with E-state index in [1.807, 2.05) is 21.2 Å². The first-order chi connectivity index (χ1) is 39.2. The summed E-state index contributed by atoms with van der Waals surface area (Å²) in [5.41, 5.74) is 13.8. The molecule has 0 amide bonds. The Morgan fingerprint density at radius 3 is 1.23 bits per heavy atom. The van der Waals surface area contributed by atoms with E-state index in [0.717, 1.165) is 25.0 Å². The van der Waals surface area contributed by atoms with E-state index in [1.165, 1.54) is 202 Å². The van der Waals surface area contributed by atoms with Crippen LogP contribution in [0.3, 0.4) is 0 Å². The summed E-state index contributed by atoms with van der Waals surface area (Å²) in [4.78, 5) is 10.8. The van der Waals surface area contributed by atoms with Crippen molar-refractivity contribution in [1.29, 1.82) is 0 Å². The molecule has 4 heterocycles. The Morgan fingerprint density at radius 2 is 0.903 bits per heavy atom. The standard InChI is InChI=1S/2C18H33N2.C12H20N2.C7H10N2.C5H11Br.3CH4.2BrH.F2HNO4S2.FH.HIS.2K.H2O.S4/c2*1-5-6-7-10-13-19-15-20(14-18(2,3)4)17-12-9-8-11-16(17)19;1-12(2,3)8-14-9-13-10-6-4-5-7-11(10)14;1-2-4-7-6(3-1)8-5-9-7;1-5(2,3)4-6;;;;;;1-8(4,5)3-9(2,6)7;;1-2;;;;1-3-4-2/h2*15H,5-14H2,1-4H3;9H,4-8H2,1-3H3;5H,1-4H2,(H,8,9);4H2,1-3H3;3*1H4;2*1H;3H;1H;2H;;;1H2;/q2*+1;;;;;;;;;;;;2*+1;;/p-3. The van der Waals surface area contributed by atoms with Gasteiger partial charge in [-0.05, 0) is 133 Å². The van der Waals surface area contributed by atoms with Crippen LogP contribution in [0, 0.1) is 21.7 Å². The van der Waals surface area contributed by atoms with E-state index in [-0.39, 0.29) is 173 Å². The van der Waals surface area contributed by atoms with Crippen LogP contribution in [0.2, 0.25) is 0 Å². The smallest absolute Gasteiger partial charge is 1.00 e. The van der Waals surface area contributed by atoms with E-state index in [4.69, 9.17) is 0 Å². The van der Waals surface area contributed by atoms with Gasteiger partial charge in [0, 0.05) is 89.7 Å². The van der Waals surface area contributed by atoms with Gasteiger partial charge in [0.25, 0.3) is 0 Å². The van der Waals surface area contributed by atoms with E-state index < -0.39 is 20.8 Å². The van der Waals surface area contributed by atoms with Crippen LogP contribution in [0.5, 0.6) is 0 Å². The zero-order chi connectivity index (χ0) is 63.8. The molecule has 0 saturated carbocycles. The van der Waals surface area contributed by atoms with Crippen molar-refractivity contribution in [3.05, 3.63) is 70.9 Å². The third kappa shape index (κ3) is 54.4. The SMILES string of the molecule is C.C.C.CC(C)(C)CBr.CC(C)(C)C[n+]1c[nH]c2c1CCCC2.CCCCCCn1c[n+](CC(C)(C)C)c2c1CCCC2.CCCCCCn1c[n+](CC(C)(C)C)c2c1CCCC2.O=S(=O)(F)NS(=O)(=O)F.S=S=S=S.SI.[Br-].[Br-].[F-].[K+].[K+].[OH-].c1nc2c([nH]1)CCCC2. The van der Waals surface area contributed by atoms with E-state index in [9.17, 15) is 24.6 Å². The molecule has 4 N–H and O–H groups in total. The third-order valence-electron chi connectivity index (χ3n) is 13.9. The Kier molecular flexibility index (Phi) is 74.4. The molecule has 0 radical (unpaired) electrons. The van der Waals surface area contributed by atoms with Gasteiger partial charge < -0.3 is 49.1 Å². The van der Waals surface area contributed by atoms with Gasteiger partial charge in [0.15, 0.2) is 0 Å². The van der Waals surface area contributed by atoms with Crippen LogP contribution >= 0.6 is 46.9 Å². The van der Waals surface area contributed by atoms with Gasteiger partial charge in [-0.15, -0.1) is 9.80 Å². The van der Waals surface area contributed by atoms with Gasteiger partial charge in [-0.3, -0.25) is 0 Å². The molecule has 0 saturated heterocycles. The van der Waals surface area contributed by atoms with Gasteiger partial charge in [-0.25, -0.2) is 32.8 Å². The minimum atomic E-state index is -5.49. The normalized spacial score (nSPS) is 13.2. The molecule has 0 spiro atoms. The number of hydrogen-bond acceptors (Lipinski definition) is 9. The monoisotopic (exact) mass is 1810 g/mol. The van der Waals surface area contributed by atoms with E-state index >= 15 is 0 Å². The molecular weight excluding hydrogens is 1690 g/mol. The van der Waals surface area contributed by atoms with Crippen molar-refractivity contribution in [2.24, 2.45) is 21.7 Å². The molecule has 542 valence electrons.